The number of pyridine rings is 3. The SMILES string of the molecule is CCc1cc(-c2c[nH]c3ncc(-c4ccnc(/C=C/C(N)=O)c4)cc23)ccn1. The Balaban J connectivity index is 1.78. The van der Waals surface area contributed by atoms with Gasteiger partial charge < -0.3 is 10.7 Å². The summed E-state index contributed by atoms with van der Waals surface area (Å²) in [5.41, 5.74) is 11.8. The molecule has 0 saturated carbocycles. The highest BCUT2D eigenvalue weighted by molar-refractivity contribution is 5.96. The van der Waals surface area contributed by atoms with Crippen LogP contribution >= 0.6 is 0 Å². The Morgan fingerprint density at radius 1 is 1.07 bits per heavy atom. The maximum absolute atomic E-state index is 11.0. The molecule has 0 aliphatic rings. The van der Waals surface area contributed by atoms with Gasteiger partial charge in [-0.2, -0.15) is 0 Å². The molecule has 4 heterocycles. The summed E-state index contributed by atoms with van der Waals surface area (Å²) < 4.78 is 0. The van der Waals surface area contributed by atoms with Gasteiger partial charge in [0.25, 0.3) is 0 Å². The molecule has 1 amide bonds. The molecule has 6 nitrogen and oxygen atoms in total. The predicted octanol–water partition coefficient (Wildman–Crippen LogP) is 3.75. The molecular weight excluding hydrogens is 350 g/mol. The fourth-order valence-corrected chi connectivity index (χ4v) is 3.13. The lowest BCUT2D eigenvalue weighted by Gasteiger charge is -2.05. The molecule has 0 radical (unpaired) electrons. The third-order valence-electron chi connectivity index (χ3n) is 4.55. The highest BCUT2D eigenvalue weighted by Crippen LogP contribution is 2.31. The number of hydrogen-bond acceptors (Lipinski definition) is 4. The van der Waals surface area contributed by atoms with Crippen LogP contribution in [0.4, 0.5) is 0 Å². The fraction of sp³-hybridized carbons (Fsp3) is 0.0909. The number of carbonyl (C=O) groups excluding carboxylic acids is 1. The van der Waals surface area contributed by atoms with Crippen molar-refractivity contribution in [3.63, 3.8) is 0 Å². The van der Waals surface area contributed by atoms with Gasteiger partial charge in [-0.25, -0.2) is 4.98 Å². The smallest absolute Gasteiger partial charge is 0.241 e. The number of H-pyrrole nitrogens is 1. The van der Waals surface area contributed by atoms with Gasteiger partial charge in [-0.05, 0) is 54.0 Å². The van der Waals surface area contributed by atoms with E-state index < -0.39 is 5.91 Å². The van der Waals surface area contributed by atoms with Gasteiger partial charge in [0.05, 0.1) is 5.69 Å². The van der Waals surface area contributed by atoms with Crippen LogP contribution in [0.3, 0.4) is 0 Å². The molecule has 0 bridgehead atoms. The standard InChI is InChI=1S/C22H19N5O/c1-2-17-10-15(6-8-24-17)20-13-27-22-19(20)11-16(12-26-22)14-5-7-25-18(9-14)3-4-21(23)28/h3-13H,2H2,1H3,(H2,23,28)(H,26,27)/b4-3+. The number of aromatic amines is 1. The molecule has 0 spiro atoms. The molecule has 6 heteroatoms. The van der Waals surface area contributed by atoms with Crippen molar-refractivity contribution < 1.29 is 4.79 Å². The normalized spacial score (nSPS) is 11.3. The summed E-state index contributed by atoms with van der Waals surface area (Å²) in [6.07, 6.45) is 11.1. The van der Waals surface area contributed by atoms with Crippen molar-refractivity contribution in [2.75, 3.05) is 0 Å². The van der Waals surface area contributed by atoms with Crippen molar-refractivity contribution in [2.24, 2.45) is 5.73 Å². The summed E-state index contributed by atoms with van der Waals surface area (Å²) >= 11 is 0. The summed E-state index contributed by atoms with van der Waals surface area (Å²) in [5.74, 6) is -0.504. The van der Waals surface area contributed by atoms with E-state index in [2.05, 4.69) is 39.0 Å². The van der Waals surface area contributed by atoms with Crippen LogP contribution in [0.15, 0.2) is 61.2 Å². The average molecular weight is 369 g/mol. The zero-order chi connectivity index (χ0) is 19.5. The van der Waals surface area contributed by atoms with E-state index >= 15 is 0 Å². The van der Waals surface area contributed by atoms with E-state index in [0.29, 0.717) is 5.69 Å². The van der Waals surface area contributed by atoms with Crippen molar-refractivity contribution >= 4 is 23.0 Å². The average Bonchev–Trinajstić information content (AvgIpc) is 3.16. The maximum Gasteiger partial charge on any atom is 0.241 e. The summed E-state index contributed by atoms with van der Waals surface area (Å²) in [6.45, 7) is 2.09. The van der Waals surface area contributed by atoms with E-state index in [1.165, 1.54) is 6.08 Å². The maximum atomic E-state index is 11.0. The summed E-state index contributed by atoms with van der Waals surface area (Å²) in [5, 5.41) is 1.04. The highest BCUT2D eigenvalue weighted by Gasteiger charge is 2.10. The minimum Gasteiger partial charge on any atom is -0.366 e. The predicted molar refractivity (Wildman–Crippen MR) is 110 cm³/mol. The first kappa shape index (κ1) is 17.6. The lowest BCUT2D eigenvalue weighted by Crippen LogP contribution is -2.05. The van der Waals surface area contributed by atoms with Crippen molar-refractivity contribution in [2.45, 2.75) is 13.3 Å². The molecule has 0 aliphatic carbocycles. The van der Waals surface area contributed by atoms with E-state index in [0.717, 1.165) is 45.4 Å². The first-order chi connectivity index (χ1) is 13.6. The number of aromatic nitrogens is 4. The Morgan fingerprint density at radius 2 is 1.89 bits per heavy atom. The number of nitrogens with zero attached hydrogens (tertiary/aromatic N) is 3. The van der Waals surface area contributed by atoms with Crippen LogP contribution in [0, 0.1) is 0 Å². The molecule has 4 aromatic rings. The van der Waals surface area contributed by atoms with Gasteiger partial charge in [0, 0.05) is 53.1 Å². The molecule has 0 aliphatic heterocycles. The Kier molecular flexibility index (Phi) is 4.68. The summed E-state index contributed by atoms with van der Waals surface area (Å²) in [4.78, 5) is 27.4. The van der Waals surface area contributed by atoms with E-state index in [1.807, 2.05) is 36.8 Å². The second-order valence-corrected chi connectivity index (χ2v) is 6.42. The Hall–Kier alpha value is -3.80. The minimum atomic E-state index is -0.504. The van der Waals surface area contributed by atoms with Gasteiger partial charge in [0.1, 0.15) is 5.65 Å². The third-order valence-corrected chi connectivity index (χ3v) is 4.55. The number of nitrogens with two attached hydrogens (primary N) is 1. The van der Waals surface area contributed by atoms with Crippen LogP contribution in [-0.2, 0) is 11.2 Å². The number of hydrogen-bond donors (Lipinski definition) is 2. The number of nitrogens with one attached hydrogen (secondary N) is 1. The molecule has 0 unspecified atom stereocenters. The van der Waals surface area contributed by atoms with Crippen LogP contribution in [-0.4, -0.2) is 25.8 Å². The summed E-state index contributed by atoms with van der Waals surface area (Å²) in [6, 6.07) is 10.0. The molecule has 3 N–H and O–H groups in total. The van der Waals surface area contributed by atoms with Crippen molar-refractivity contribution in [1.29, 1.82) is 0 Å². The largest absolute Gasteiger partial charge is 0.366 e. The Labute approximate surface area is 162 Å². The second kappa shape index (κ2) is 7.44. The van der Waals surface area contributed by atoms with E-state index in [4.69, 9.17) is 5.73 Å². The first-order valence-corrected chi connectivity index (χ1v) is 9.00. The first-order valence-electron chi connectivity index (χ1n) is 9.00. The van der Waals surface area contributed by atoms with Gasteiger partial charge in [-0.3, -0.25) is 14.8 Å². The number of aryl methyl sites for hydroxylation is 1. The molecule has 0 fully saturated rings. The molecule has 28 heavy (non-hydrogen) atoms. The zero-order valence-electron chi connectivity index (χ0n) is 15.4. The van der Waals surface area contributed by atoms with Gasteiger partial charge in [0.15, 0.2) is 0 Å². The van der Waals surface area contributed by atoms with E-state index in [1.54, 1.807) is 12.3 Å². The van der Waals surface area contributed by atoms with E-state index in [9.17, 15) is 4.79 Å². The van der Waals surface area contributed by atoms with Gasteiger partial charge in [0.2, 0.25) is 5.91 Å². The topological polar surface area (TPSA) is 97.5 Å². The van der Waals surface area contributed by atoms with Gasteiger partial charge in [-0.15, -0.1) is 0 Å². The van der Waals surface area contributed by atoms with Crippen LogP contribution in [0.25, 0.3) is 39.4 Å². The minimum absolute atomic E-state index is 0.504. The summed E-state index contributed by atoms with van der Waals surface area (Å²) in [7, 11) is 0. The number of rotatable bonds is 5. The molecule has 4 aromatic heterocycles. The Bertz CT molecular complexity index is 1190. The number of carbonyl (C=O) groups is 1. The van der Waals surface area contributed by atoms with Crippen molar-refractivity contribution in [3.8, 4) is 22.3 Å². The van der Waals surface area contributed by atoms with Crippen LogP contribution < -0.4 is 5.73 Å². The number of fused-ring (bicyclic) bond motifs is 1. The number of amides is 1. The monoisotopic (exact) mass is 369 g/mol. The fourth-order valence-electron chi connectivity index (χ4n) is 3.13. The quantitative estimate of drug-likeness (QED) is 0.524. The number of primary amides is 1. The van der Waals surface area contributed by atoms with Crippen LogP contribution in [0.1, 0.15) is 18.3 Å². The Morgan fingerprint density at radius 3 is 2.71 bits per heavy atom. The van der Waals surface area contributed by atoms with Crippen LogP contribution in [0.5, 0.6) is 0 Å². The molecule has 0 saturated heterocycles. The van der Waals surface area contributed by atoms with Gasteiger partial charge in [-0.1, -0.05) is 6.92 Å². The van der Waals surface area contributed by atoms with Gasteiger partial charge >= 0.3 is 0 Å². The lowest BCUT2D eigenvalue weighted by atomic mass is 10.0. The third kappa shape index (κ3) is 3.53. The van der Waals surface area contributed by atoms with Crippen molar-refractivity contribution in [1.82, 2.24) is 19.9 Å². The molecule has 0 aromatic carbocycles. The molecule has 138 valence electrons. The lowest BCUT2D eigenvalue weighted by molar-refractivity contribution is -0.113. The highest BCUT2D eigenvalue weighted by atomic mass is 16.1. The van der Waals surface area contributed by atoms with E-state index in [-0.39, 0.29) is 0 Å². The molecular formula is C22H19N5O. The molecule has 4 rings (SSSR count). The van der Waals surface area contributed by atoms with Crippen LogP contribution in [0.2, 0.25) is 0 Å². The van der Waals surface area contributed by atoms with Crippen molar-refractivity contribution in [3.05, 3.63) is 72.6 Å². The molecule has 0 atom stereocenters. The second-order valence-electron chi connectivity index (χ2n) is 6.42. The zero-order valence-corrected chi connectivity index (χ0v) is 15.4.